The molecule has 0 amide bonds. The first-order valence-corrected chi connectivity index (χ1v) is 4.63. The monoisotopic (exact) mass is 243 g/mol. The summed E-state index contributed by atoms with van der Waals surface area (Å²) in [6.45, 7) is 0. The van der Waals surface area contributed by atoms with E-state index in [0.29, 0.717) is 5.56 Å². The summed E-state index contributed by atoms with van der Waals surface area (Å²) < 4.78 is 37.1. The van der Waals surface area contributed by atoms with E-state index < -0.39 is 24.5 Å². The van der Waals surface area contributed by atoms with Crippen LogP contribution in [0.3, 0.4) is 0 Å². The number of carboxylic acid groups (broad SMARTS) is 1. The Morgan fingerprint density at radius 1 is 1.35 bits per heavy atom. The standard InChI is InChI=1S/C11H8F3NO2/c12-11(13,14)9(10(16)17)5-7-1-3-8(6-15)4-2-7/h1-4,9H,5H2,(H,16,17). The largest absolute Gasteiger partial charge is 0.481 e. The van der Waals surface area contributed by atoms with Crippen LogP contribution in [-0.2, 0) is 11.2 Å². The second-order valence-corrected chi connectivity index (χ2v) is 3.45. The van der Waals surface area contributed by atoms with E-state index in [1.807, 2.05) is 6.07 Å². The smallest absolute Gasteiger partial charge is 0.402 e. The number of aliphatic carboxylic acids is 1. The van der Waals surface area contributed by atoms with Crippen molar-refractivity contribution in [3.05, 3.63) is 35.4 Å². The summed E-state index contributed by atoms with van der Waals surface area (Å²) in [5.41, 5.74) is 0.543. The average molecular weight is 243 g/mol. The molecule has 0 saturated carbocycles. The zero-order valence-electron chi connectivity index (χ0n) is 8.53. The molecule has 0 aliphatic carbocycles. The van der Waals surface area contributed by atoms with Gasteiger partial charge >= 0.3 is 12.1 Å². The lowest BCUT2D eigenvalue weighted by Crippen LogP contribution is -2.32. The van der Waals surface area contributed by atoms with Crippen molar-refractivity contribution in [1.82, 2.24) is 0 Å². The van der Waals surface area contributed by atoms with E-state index in [-0.39, 0.29) is 5.56 Å². The molecule has 1 atom stereocenters. The Bertz CT molecular complexity index is 445. The van der Waals surface area contributed by atoms with Crippen LogP contribution in [0.25, 0.3) is 0 Å². The third-order valence-electron chi connectivity index (χ3n) is 2.22. The number of carbonyl (C=O) groups is 1. The van der Waals surface area contributed by atoms with Crippen molar-refractivity contribution >= 4 is 5.97 Å². The molecule has 90 valence electrons. The van der Waals surface area contributed by atoms with E-state index in [1.54, 1.807) is 0 Å². The Kier molecular flexibility index (Phi) is 3.73. The minimum Gasteiger partial charge on any atom is -0.481 e. The molecule has 0 aliphatic heterocycles. The second kappa shape index (κ2) is 4.87. The Morgan fingerprint density at radius 2 is 1.88 bits per heavy atom. The topological polar surface area (TPSA) is 61.1 Å². The average Bonchev–Trinajstić information content (AvgIpc) is 2.24. The highest BCUT2D eigenvalue weighted by atomic mass is 19.4. The van der Waals surface area contributed by atoms with E-state index in [0.717, 1.165) is 0 Å². The van der Waals surface area contributed by atoms with Gasteiger partial charge in [0.05, 0.1) is 11.6 Å². The number of hydrogen-bond donors (Lipinski definition) is 1. The third kappa shape index (κ3) is 3.48. The molecule has 1 rings (SSSR count). The van der Waals surface area contributed by atoms with E-state index in [2.05, 4.69) is 0 Å². The van der Waals surface area contributed by atoms with Crippen LogP contribution < -0.4 is 0 Å². The number of nitrogens with zero attached hydrogens (tertiary/aromatic N) is 1. The minimum absolute atomic E-state index is 0.230. The lowest BCUT2D eigenvalue weighted by atomic mass is 9.98. The molecule has 1 aromatic carbocycles. The van der Waals surface area contributed by atoms with Crippen LogP contribution in [0, 0.1) is 17.2 Å². The van der Waals surface area contributed by atoms with Gasteiger partial charge in [0.1, 0.15) is 0 Å². The van der Waals surface area contributed by atoms with E-state index in [4.69, 9.17) is 10.4 Å². The van der Waals surface area contributed by atoms with Crippen LogP contribution in [0.4, 0.5) is 13.2 Å². The highest BCUT2D eigenvalue weighted by molar-refractivity contribution is 5.71. The highest BCUT2D eigenvalue weighted by Gasteiger charge is 2.44. The maximum absolute atomic E-state index is 12.4. The number of hydrogen-bond acceptors (Lipinski definition) is 2. The Morgan fingerprint density at radius 3 is 2.24 bits per heavy atom. The van der Waals surface area contributed by atoms with Crippen LogP contribution in [0.5, 0.6) is 0 Å². The molecule has 6 heteroatoms. The molecule has 17 heavy (non-hydrogen) atoms. The fourth-order valence-electron chi connectivity index (χ4n) is 1.29. The lowest BCUT2D eigenvalue weighted by molar-refractivity contribution is -0.193. The maximum atomic E-state index is 12.4. The second-order valence-electron chi connectivity index (χ2n) is 3.45. The molecule has 0 bridgehead atoms. The molecule has 0 aromatic heterocycles. The number of nitriles is 1. The van der Waals surface area contributed by atoms with Crippen molar-refractivity contribution in [3.8, 4) is 6.07 Å². The van der Waals surface area contributed by atoms with Crippen molar-refractivity contribution in [2.75, 3.05) is 0 Å². The van der Waals surface area contributed by atoms with Crippen LogP contribution in [0.15, 0.2) is 24.3 Å². The molecule has 0 radical (unpaired) electrons. The first-order chi connectivity index (χ1) is 7.84. The Hall–Kier alpha value is -2.03. The number of rotatable bonds is 3. The molecule has 0 heterocycles. The van der Waals surface area contributed by atoms with Gasteiger partial charge in [-0.3, -0.25) is 4.79 Å². The lowest BCUT2D eigenvalue weighted by Gasteiger charge is -2.15. The van der Waals surface area contributed by atoms with E-state index in [9.17, 15) is 18.0 Å². The molecule has 0 aliphatic rings. The summed E-state index contributed by atoms with van der Waals surface area (Å²) >= 11 is 0. The summed E-state index contributed by atoms with van der Waals surface area (Å²) in [7, 11) is 0. The number of halogens is 3. The molecular weight excluding hydrogens is 235 g/mol. The Balaban J connectivity index is 2.88. The maximum Gasteiger partial charge on any atom is 0.402 e. The predicted octanol–water partition coefficient (Wildman–Crippen LogP) is 2.36. The molecule has 0 spiro atoms. The van der Waals surface area contributed by atoms with Gasteiger partial charge in [-0.2, -0.15) is 18.4 Å². The molecule has 1 unspecified atom stereocenters. The van der Waals surface area contributed by atoms with E-state index in [1.165, 1.54) is 24.3 Å². The first-order valence-electron chi connectivity index (χ1n) is 4.63. The van der Waals surface area contributed by atoms with Crippen molar-refractivity contribution in [3.63, 3.8) is 0 Å². The Labute approximate surface area is 95.1 Å². The van der Waals surface area contributed by atoms with Gasteiger partial charge < -0.3 is 5.11 Å². The van der Waals surface area contributed by atoms with Crippen molar-refractivity contribution in [1.29, 1.82) is 5.26 Å². The molecular formula is C11H8F3NO2. The summed E-state index contributed by atoms with van der Waals surface area (Å²) in [4.78, 5) is 10.5. The fraction of sp³-hybridized carbons (Fsp3) is 0.273. The molecule has 0 fully saturated rings. The van der Waals surface area contributed by atoms with Gasteiger partial charge in [-0.15, -0.1) is 0 Å². The molecule has 1 N–H and O–H groups in total. The first kappa shape index (κ1) is 13.0. The van der Waals surface area contributed by atoms with Gasteiger partial charge in [-0.05, 0) is 24.1 Å². The van der Waals surface area contributed by atoms with Gasteiger partial charge in [0.25, 0.3) is 0 Å². The molecule has 1 aromatic rings. The van der Waals surface area contributed by atoms with Gasteiger partial charge in [0.2, 0.25) is 0 Å². The van der Waals surface area contributed by atoms with Gasteiger partial charge in [-0.1, -0.05) is 12.1 Å². The fourth-order valence-corrected chi connectivity index (χ4v) is 1.29. The number of benzene rings is 1. The summed E-state index contributed by atoms with van der Waals surface area (Å²) in [6, 6.07) is 7.16. The predicted molar refractivity (Wildman–Crippen MR) is 52.0 cm³/mol. The van der Waals surface area contributed by atoms with Gasteiger partial charge in [0, 0.05) is 0 Å². The minimum atomic E-state index is -4.78. The third-order valence-corrected chi connectivity index (χ3v) is 2.22. The van der Waals surface area contributed by atoms with E-state index >= 15 is 0 Å². The highest BCUT2D eigenvalue weighted by Crippen LogP contribution is 2.29. The summed E-state index contributed by atoms with van der Waals surface area (Å²) in [5, 5.41) is 17.0. The quantitative estimate of drug-likeness (QED) is 0.886. The summed E-state index contributed by atoms with van der Waals surface area (Å²) in [5.74, 6) is -4.32. The van der Waals surface area contributed by atoms with Crippen LogP contribution >= 0.6 is 0 Å². The van der Waals surface area contributed by atoms with Crippen molar-refractivity contribution < 1.29 is 23.1 Å². The molecule has 0 saturated heterocycles. The summed E-state index contributed by atoms with van der Waals surface area (Å²) in [6.07, 6.45) is -5.41. The van der Waals surface area contributed by atoms with Gasteiger partial charge in [0.15, 0.2) is 5.92 Å². The van der Waals surface area contributed by atoms with Gasteiger partial charge in [-0.25, -0.2) is 0 Å². The SMILES string of the molecule is N#Cc1ccc(CC(C(=O)O)C(F)(F)F)cc1. The van der Waals surface area contributed by atoms with Crippen LogP contribution in [-0.4, -0.2) is 17.3 Å². The number of carboxylic acids is 1. The van der Waals surface area contributed by atoms with Crippen molar-refractivity contribution in [2.45, 2.75) is 12.6 Å². The number of alkyl halides is 3. The van der Waals surface area contributed by atoms with Crippen LogP contribution in [0.1, 0.15) is 11.1 Å². The van der Waals surface area contributed by atoms with Crippen LogP contribution in [0.2, 0.25) is 0 Å². The molecule has 3 nitrogen and oxygen atoms in total. The normalized spacial score (nSPS) is 12.8. The van der Waals surface area contributed by atoms with Crippen molar-refractivity contribution in [2.24, 2.45) is 5.92 Å². The zero-order chi connectivity index (χ0) is 13.1. The zero-order valence-corrected chi connectivity index (χ0v) is 8.53.